The van der Waals surface area contributed by atoms with Crippen LogP contribution in [0.2, 0.25) is 10.0 Å². The zero-order valence-electron chi connectivity index (χ0n) is 12.3. The van der Waals surface area contributed by atoms with Crippen LogP contribution in [0.5, 0.6) is 0 Å². The molecule has 1 N–H and O–H groups in total. The van der Waals surface area contributed by atoms with Crippen molar-refractivity contribution in [3.8, 4) is 0 Å². The lowest BCUT2D eigenvalue weighted by atomic mass is 10.0. The highest BCUT2D eigenvalue weighted by molar-refractivity contribution is 6.36. The molecule has 0 aliphatic heterocycles. The Balaban J connectivity index is 2.20. The van der Waals surface area contributed by atoms with Crippen LogP contribution in [0.15, 0.2) is 30.3 Å². The van der Waals surface area contributed by atoms with Crippen molar-refractivity contribution in [1.29, 1.82) is 0 Å². The number of carbonyl (C=O) groups is 1. The molecule has 0 atom stereocenters. The van der Waals surface area contributed by atoms with Gasteiger partial charge in [0.05, 0.1) is 6.42 Å². The van der Waals surface area contributed by atoms with Crippen molar-refractivity contribution in [1.82, 2.24) is 0 Å². The summed E-state index contributed by atoms with van der Waals surface area (Å²) in [5.41, 5.74) is 4.78. The molecular weight excluding hydrogens is 305 g/mol. The van der Waals surface area contributed by atoms with Crippen molar-refractivity contribution in [3.05, 3.63) is 62.6 Å². The number of hydrogen-bond donors (Lipinski definition) is 1. The lowest BCUT2D eigenvalue weighted by molar-refractivity contribution is -0.115. The first-order valence-electron chi connectivity index (χ1n) is 6.69. The number of carbonyl (C=O) groups excluding carboxylic acids is 1. The van der Waals surface area contributed by atoms with Gasteiger partial charge in [-0.3, -0.25) is 4.79 Å². The van der Waals surface area contributed by atoms with Gasteiger partial charge in [0.2, 0.25) is 5.91 Å². The van der Waals surface area contributed by atoms with Crippen LogP contribution in [-0.2, 0) is 11.2 Å². The Morgan fingerprint density at radius 1 is 1.05 bits per heavy atom. The minimum atomic E-state index is -0.125. The number of rotatable bonds is 3. The van der Waals surface area contributed by atoms with Crippen molar-refractivity contribution in [2.24, 2.45) is 0 Å². The van der Waals surface area contributed by atoms with E-state index in [9.17, 15) is 4.79 Å². The topological polar surface area (TPSA) is 29.1 Å². The van der Waals surface area contributed by atoms with Crippen LogP contribution in [0.25, 0.3) is 0 Å². The Labute approximate surface area is 135 Å². The summed E-state index contributed by atoms with van der Waals surface area (Å²) in [6, 6.07) is 9.33. The molecule has 2 rings (SSSR count). The van der Waals surface area contributed by atoms with Crippen LogP contribution in [0.4, 0.5) is 5.69 Å². The molecule has 0 heterocycles. The summed E-state index contributed by atoms with van der Waals surface area (Å²) in [5.74, 6) is -0.125. The lowest BCUT2D eigenvalue weighted by Crippen LogP contribution is -2.16. The highest BCUT2D eigenvalue weighted by atomic mass is 35.5. The number of aryl methyl sites for hydroxylation is 3. The Morgan fingerprint density at radius 3 is 2.10 bits per heavy atom. The first-order chi connectivity index (χ1) is 9.88. The molecular formula is C17H17Cl2NO. The number of nitrogens with one attached hydrogen (secondary N) is 1. The highest BCUT2D eigenvalue weighted by Gasteiger charge is 2.13. The SMILES string of the molecule is Cc1cc(C)c(NC(=O)Cc2c(Cl)cccc2Cl)c(C)c1. The van der Waals surface area contributed by atoms with E-state index in [2.05, 4.69) is 5.32 Å². The minimum absolute atomic E-state index is 0.125. The summed E-state index contributed by atoms with van der Waals surface area (Å²) in [6.07, 6.45) is 0.158. The van der Waals surface area contributed by atoms with Gasteiger partial charge in [0.25, 0.3) is 0 Å². The summed E-state index contributed by atoms with van der Waals surface area (Å²) in [4.78, 5) is 12.2. The highest BCUT2D eigenvalue weighted by Crippen LogP contribution is 2.26. The molecule has 0 saturated carbocycles. The third kappa shape index (κ3) is 3.78. The van der Waals surface area contributed by atoms with Crippen LogP contribution in [-0.4, -0.2) is 5.91 Å². The van der Waals surface area contributed by atoms with Gasteiger partial charge in [0, 0.05) is 15.7 Å². The van der Waals surface area contributed by atoms with E-state index in [0.29, 0.717) is 15.6 Å². The van der Waals surface area contributed by atoms with Crippen LogP contribution >= 0.6 is 23.2 Å². The smallest absolute Gasteiger partial charge is 0.228 e. The van der Waals surface area contributed by atoms with Crippen LogP contribution < -0.4 is 5.32 Å². The van der Waals surface area contributed by atoms with Gasteiger partial charge >= 0.3 is 0 Å². The van der Waals surface area contributed by atoms with Gasteiger partial charge in [-0.25, -0.2) is 0 Å². The molecule has 21 heavy (non-hydrogen) atoms. The van der Waals surface area contributed by atoms with Crippen molar-refractivity contribution < 1.29 is 4.79 Å². The molecule has 0 aliphatic rings. The first-order valence-corrected chi connectivity index (χ1v) is 7.44. The van der Waals surface area contributed by atoms with Crippen molar-refractivity contribution >= 4 is 34.8 Å². The first kappa shape index (κ1) is 15.9. The molecule has 0 aromatic heterocycles. The number of hydrogen-bond acceptors (Lipinski definition) is 1. The van der Waals surface area contributed by atoms with Crippen molar-refractivity contribution in [3.63, 3.8) is 0 Å². The van der Waals surface area contributed by atoms with E-state index in [1.165, 1.54) is 5.56 Å². The van der Waals surface area contributed by atoms with Gasteiger partial charge in [0.1, 0.15) is 0 Å². The molecule has 1 amide bonds. The molecule has 0 bridgehead atoms. The Morgan fingerprint density at radius 2 is 1.57 bits per heavy atom. The second-order valence-electron chi connectivity index (χ2n) is 5.20. The monoisotopic (exact) mass is 321 g/mol. The molecule has 2 aromatic carbocycles. The fraction of sp³-hybridized carbons (Fsp3) is 0.235. The summed E-state index contributed by atoms with van der Waals surface area (Å²) >= 11 is 12.2. The Kier molecular flexibility index (Phi) is 4.92. The number of halogens is 2. The zero-order valence-corrected chi connectivity index (χ0v) is 13.8. The van der Waals surface area contributed by atoms with E-state index in [-0.39, 0.29) is 12.3 Å². The third-order valence-corrected chi connectivity index (χ3v) is 4.05. The number of amides is 1. The van der Waals surface area contributed by atoms with Gasteiger partial charge in [-0.05, 0) is 49.6 Å². The molecule has 2 nitrogen and oxygen atoms in total. The van der Waals surface area contributed by atoms with Crippen molar-refractivity contribution in [2.45, 2.75) is 27.2 Å². The predicted octanol–water partition coefficient (Wildman–Crippen LogP) is 5.10. The number of anilines is 1. The van der Waals surface area contributed by atoms with E-state index in [0.717, 1.165) is 16.8 Å². The van der Waals surface area contributed by atoms with E-state index in [1.54, 1.807) is 18.2 Å². The molecule has 0 unspecified atom stereocenters. The van der Waals surface area contributed by atoms with E-state index in [1.807, 2.05) is 32.9 Å². The maximum atomic E-state index is 12.2. The zero-order chi connectivity index (χ0) is 15.6. The number of benzene rings is 2. The minimum Gasteiger partial charge on any atom is -0.325 e. The third-order valence-electron chi connectivity index (χ3n) is 3.34. The molecule has 0 saturated heterocycles. The summed E-state index contributed by atoms with van der Waals surface area (Å²) in [6.45, 7) is 6.01. The maximum Gasteiger partial charge on any atom is 0.228 e. The van der Waals surface area contributed by atoms with Gasteiger partial charge in [-0.1, -0.05) is 47.0 Å². The standard InChI is InChI=1S/C17H17Cl2NO/c1-10-7-11(2)17(12(3)8-10)20-16(21)9-13-14(18)5-4-6-15(13)19/h4-8H,9H2,1-3H3,(H,20,21). The second-order valence-corrected chi connectivity index (χ2v) is 6.01. The maximum absolute atomic E-state index is 12.2. The van der Waals surface area contributed by atoms with Gasteiger partial charge in [0.15, 0.2) is 0 Å². The van der Waals surface area contributed by atoms with Gasteiger partial charge in [-0.15, -0.1) is 0 Å². The average Bonchev–Trinajstić information content (AvgIpc) is 2.38. The molecule has 0 fully saturated rings. The normalized spacial score (nSPS) is 10.5. The summed E-state index contributed by atoms with van der Waals surface area (Å²) in [5, 5.41) is 3.97. The molecule has 110 valence electrons. The molecule has 2 aromatic rings. The van der Waals surface area contributed by atoms with Crippen LogP contribution in [0, 0.1) is 20.8 Å². The Hall–Kier alpha value is -1.51. The largest absolute Gasteiger partial charge is 0.325 e. The fourth-order valence-electron chi connectivity index (χ4n) is 2.42. The van der Waals surface area contributed by atoms with E-state index in [4.69, 9.17) is 23.2 Å². The van der Waals surface area contributed by atoms with Crippen LogP contribution in [0.1, 0.15) is 22.3 Å². The fourth-order valence-corrected chi connectivity index (χ4v) is 2.95. The lowest BCUT2D eigenvalue weighted by Gasteiger charge is -2.13. The molecule has 0 radical (unpaired) electrons. The van der Waals surface area contributed by atoms with Gasteiger partial charge in [-0.2, -0.15) is 0 Å². The quantitative estimate of drug-likeness (QED) is 0.837. The Bertz CT molecular complexity index is 652. The predicted molar refractivity (Wildman–Crippen MR) is 89.4 cm³/mol. The van der Waals surface area contributed by atoms with Crippen molar-refractivity contribution in [2.75, 3.05) is 5.32 Å². The molecule has 4 heteroatoms. The second kappa shape index (κ2) is 6.50. The van der Waals surface area contributed by atoms with Crippen LogP contribution in [0.3, 0.4) is 0 Å². The van der Waals surface area contributed by atoms with E-state index >= 15 is 0 Å². The molecule has 0 spiro atoms. The van der Waals surface area contributed by atoms with E-state index < -0.39 is 0 Å². The molecule has 0 aliphatic carbocycles. The van der Waals surface area contributed by atoms with Gasteiger partial charge < -0.3 is 5.32 Å². The summed E-state index contributed by atoms with van der Waals surface area (Å²) in [7, 11) is 0. The summed E-state index contributed by atoms with van der Waals surface area (Å²) < 4.78 is 0. The average molecular weight is 322 g/mol.